The number of aliphatic hydroxyl groups is 1. The fourth-order valence-corrected chi connectivity index (χ4v) is 5.06. The first kappa shape index (κ1) is 12.8. The van der Waals surface area contributed by atoms with Crippen molar-refractivity contribution in [2.24, 2.45) is 5.92 Å². The van der Waals surface area contributed by atoms with Gasteiger partial charge < -0.3 is 5.11 Å². The van der Waals surface area contributed by atoms with Gasteiger partial charge >= 0.3 is 0 Å². The molecule has 0 saturated heterocycles. The lowest BCUT2D eigenvalue weighted by Crippen LogP contribution is -2.20. The largest absolute Gasteiger partial charge is 0.387 e. The van der Waals surface area contributed by atoms with Crippen LogP contribution in [0.3, 0.4) is 0 Å². The minimum atomic E-state index is -0.297. The summed E-state index contributed by atoms with van der Waals surface area (Å²) in [6.45, 7) is 0. The SMILES string of the molecule is O[C@@H](c1c(C2CCC2)sc2cncn12)C1CCCCC1. The third-order valence-electron chi connectivity index (χ3n) is 5.18. The Labute approximate surface area is 123 Å². The van der Waals surface area contributed by atoms with Crippen molar-refractivity contribution in [3.05, 3.63) is 23.1 Å². The lowest BCUT2D eigenvalue weighted by atomic mass is 9.80. The van der Waals surface area contributed by atoms with Crippen molar-refractivity contribution in [2.45, 2.75) is 63.4 Å². The number of imidazole rings is 1. The summed E-state index contributed by atoms with van der Waals surface area (Å²) in [7, 11) is 0. The molecule has 0 aromatic carbocycles. The molecule has 0 spiro atoms. The van der Waals surface area contributed by atoms with E-state index < -0.39 is 0 Å². The Hall–Kier alpha value is -0.870. The van der Waals surface area contributed by atoms with Crippen LogP contribution in [0.5, 0.6) is 0 Å². The first-order valence-corrected chi connectivity index (χ1v) is 8.79. The molecule has 2 aromatic heterocycles. The minimum absolute atomic E-state index is 0.297. The van der Waals surface area contributed by atoms with Crippen LogP contribution in [-0.4, -0.2) is 14.5 Å². The Kier molecular flexibility index (Phi) is 3.31. The van der Waals surface area contributed by atoms with E-state index >= 15 is 0 Å². The zero-order chi connectivity index (χ0) is 13.5. The molecule has 2 aliphatic rings. The average Bonchev–Trinajstić information content (AvgIpc) is 2.97. The van der Waals surface area contributed by atoms with Gasteiger partial charge in [0.25, 0.3) is 0 Å². The molecule has 3 nitrogen and oxygen atoms in total. The molecule has 2 heterocycles. The van der Waals surface area contributed by atoms with Crippen molar-refractivity contribution in [3.8, 4) is 0 Å². The van der Waals surface area contributed by atoms with Gasteiger partial charge in [-0.05, 0) is 37.5 Å². The molecule has 0 amide bonds. The molecule has 2 aromatic rings. The summed E-state index contributed by atoms with van der Waals surface area (Å²) in [6, 6.07) is 0. The van der Waals surface area contributed by atoms with Crippen LogP contribution in [0.25, 0.3) is 4.83 Å². The van der Waals surface area contributed by atoms with E-state index in [-0.39, 0.29) is 6.10 Å². The van der Waals surface area contributed by atoms with E-state index in [0.29, 0.717) is 11.8 Å². The summed E-state index contributed by atoms with van der Waals surface area (Å²) < 4.78 is 2.15. The lowest BCUT2D eigenvalue weighted by molar-refractivity contribution is 0.0791. The van der Waals surface area contributed by atoms with Gasteiger partial charge in [-0.1, -0.05) is 25.7 Å². The van der Waals surface area contributed by atoms with E-state index in [0.717, 1.165) is 0 Å². The maximum Gasteiger partial charge on any atom is 0.120 e. The van der Waals surface area contributed by atoms with Crippen LogP contribution in [0.4, 0.5) is 0 Å². The molecule has 108 valence electrons. The Morgan fingerprint density at radius 3 is 2.65 bits per heavy atom. The highest BCUT2D eigenvalue weighted by Gasteiger charge is 2.32. The number of nitrogens with zero attached hydrogens (tertiary/aromatic N) is 2. The third-order valence-corrected chi connectivity index (χ3v) is 6.46. The van der Waals surface area contributed by atoms with Crippen molar-refractivity contribution in [1.29, 1.82) is 0 Å². The van der Waals surface area contributed by atoms with E-state index in [9.17, 15) is 5.11 Å². The highest BCUT2D eigenvalue weighted by atomic mass is 32.1. The van der Waals surface area contributed by atoms with Crippen LogP contribution in [0.2, 0.25) is 0 Å². The maximum atomic E-state index is 11.0. The van der Waals surface area contributed by atoms with Gasteiger partial charge in [0, 0.05) is 4.88 Å². The quantitative estimate of drug-likeness (QED) is 0.916. The zero-order valence-corrected chi connectivity index (χ0v) is 12.6. The summed E-state index contributed by atoms with van der Waals surface area (Å²) >= 11 is 1.85. The molecule has 2 saturated carbocycles. The number of hydrogen-bond donors (Lipinski definition) is 1. The van der Waals surface area contributed by atoms with Crippen molar-refractivity contribution in [1.82, 2.24) is 9.38 Å². The molecule has 0 radical (unpaired) electrons. The molecule has 4 heteroatoms. The standard InChI is InChI=1S/C16H22N2OS/c19-15(11-5-2-1-3-6-11)14-16(12-7-4-8-12)20-13-9-17-10-18(13)14/h9-12,15,19H,1-8H2/t15-/m1/s1. The van der Waals surface area contributed by atoms with E-state index in [1.807, 2.05) is 23.9 Å². The Bertz CT molecular complexity index is 593. The van der Waals surface area contributed by atoms with E-state index in [1.54, 1.807) is 0 Å². The molecule has 2 aliphatic carbocycles. The normalized spacial score (nSPS) is 23.1. The predicted molar refractivity (Wildman–Crippen MR) is 81.2 cm³/mol. The van der Waals surface area contributed by atoms with E-state index in [1.165, 1.54) is 66.8 Å². The molecule has 0 unspecified atom stereocenters. The number of aromatic nitrogens is 2. The van der Waals surface area contributed by atoms with Gasteiger partial charge in [-0.15, -0.1) is 11.3 Å². The maximum absolute atomic E-state index is 11.0. The highest BCUT2D eigenvalue weighted by Crippen LogP contribution is 2.46. The summed E-state index contributed by atoms with van der Waals surface area (Å²) in [5, 5.41) is 11.0. The molecular weight excluding hydrogens is 268 g/mol. The topological polar surface area (TPSA) is 37.5 Å². The summed E-state index contributed by atoms with van der Waals surface area (Å²) in [4.78, 5) is 6.88. The van der Waals surface area contributed by atoms with Crippen LogP contribution in [0.1, 0.15) is 74.0 Å². The Balaban J connectivity index is 1.73. The molecule has 20 heavy (non-hydrogen) atoms. The Morgan fingerprint density at radius 2 is 1.95 bits per heavy atom. The van der Waals surface area contributed by atoms with Gasteiger partial charge in [0.05, 0.1) is 18.0 Å². The van der Waals surface area contributed by atoms with Gasteiger partial charge in [0.15, 0.2) is 0 Å². The summed E-state index contributed by atoms with van der Waals surface area (Å²) in [5.41, 5.74) is 1.17. The molecular formula is C16H22N2OS. The molecule has 1 atom stereocenters. The number of hydrogen-bond acceptors (Lipinski definition) is 3. The fraction of sp³-hybridized carbons (Fsp3) is 0.688. The van der Waals surface area contributed by atoms with E-state index in [2.05, 4.69) is 9.38 Å². The molecule has 1 N–H and O–H groups in total. The van der Waals surface area contributed by atoms with Crippen molar-refractivity contribution in [3.63, 3.8) is 0 Å². The monoisotopic (exact) mass is 290 g/mol. The number of rotatable bonds is 3. The van der Waals surface area contributed by atoms with Gasteiger partial charge in [0.2, 0.25) is 0 Å². The van der Waals surface area contributed by atoms with Crippen molar-refractivity contribution < 1.29 is 5.11 Å². The second-order valence-corrected chi connectivity index (χ2v) is 7.49. The molecule has 2 fully saturated rings. The predicted octanol–water partition coefficient (Wildman–Crippen LogP) is 4.28. The highest BCUT2D eigenvalue weighted by molar-refractivity contribution is 7.17. The minimum Gasteiger partial charge on any atom is -0.387 e. The smallest absolute Gasteiger partial charge is 0.120 e. The average molecular weight is 290 g/mol. The molecule has 4 rings (SSSR count). The fourth-order valence-electron chi connectivity index (χ4n) is 3.75. The third kappa shape index (κ3) is 2.01. The lowest BCUT2D eigenvalue weighted by Gasteiger charge is -2.30. The molecule has 0 bridgehead atoms. The first-order valence-electron chi connectivity index (χ1n) is 7.97. The van der Waals surface area contributed by atoms with Gasteiger partial charge in [-0.3, -0.25) is 4.40 Å². The summed E-state index contributed by atoms with van der Waals surface area (Å²) in [5.74, 6) is 1.14. The van der Waals surface area contributed by atoms with Crippen molar-refractivity contribution in [2.75, 3.05) is 0 Å². The van der Waals surface area contributed by atoms with Gasteiger partial charge in [-0.25, -0.2) is 4.98 Å². The number of thiazole rings is 1. The second-order valence-electron chi connectivity index (χ2n) is 6.42. The molecule has 0 aliphatic heterocycles. The van der Waals surface area contributed by atoms with Crippen molar-refractivity contribution >= 4 is 16.2 Å². The number of fused-ring (bicyclic) bond motifs is 1. The van der Waals surface area contributed by atoms with Crippen LogP contribution in [0.15, 0.2) is 12.5 Å². The number of aliphatic hydroxyl groups excluding tert-OH is 1. The van der Waals surface area contributed by atoms with Crippen LogP contribution in [-0.2, 0) is 0 Å². The van der Waals surface area contributed by atoms with E-state index in [4.69, 9.17) is 0 Å². The Morgan fingerprint density at radius 1 is 1.15 bits per heavy atom. The zero-order valence-electron chi connectivity index (χ0n) is 11.8. The van der Waals surface area contributed by atoms with Crippen LogP contribution < -0.4 is 0 Å². The van der Waals surface area contributed by atoms with Gasteiger partial charge in [0.1, 0.15) is 11.2 Å². The van der Waals surface area contributed by atoms with Gasteiger partial charge in [-0.2, -0.15) is 0 Å². The second kappa shape index (κ2) is 5.15. The van der Waals surface area contributed by atoms with Crippen LogP contribution >= 0.6 is 11.3 Å². The summed E-state index contributed by atoms with van der Waals surface area (Å²) in [6.07, 6.45) is 13.7. The van der Waals surface area contributed by atoms with Crippen LogP contribution in [0, 0.1) is 5.92 Å². The first-order chi connectivity index (χ1) is 9.84.